The first-order valence-corrected chi connectivity index (χ1v) is 9.15. The zero-order valence-corrected chi connectivity index (χ0v) is 14.0. The van der Waals surface area contributed by atoms with Gasteiger partial charge in [0.2, 0.25) is 0 Å². The van der Waals surface area contributed by atoms with Crippen molar-refractivity contribution < 1.29 is 9.94 Å². The van der Waals surface area contributed by atoms with E-state index in [1.54, 1.807) is 0 Å². The van der Waals surface area contributed by atoms with Crippen molar-refractivity contribution in [1.82, 2.24) is 4.90 Å². The first-order chi connectivity index (χ1) is 10.6. The Morgan fingerprint density at radius 3 is 2.00 bits per heavy atom. The van der Waals surface area contributed by atoms with Crippen molar-refractivity contribution in [2.24, 2.45) is 28.3 Å². The maximum atomic E-state index is 9.78. The first-order valence-electron chi connectivity index (χ1n) is 9.15. The third kappa shape index (κ3) is 2.58. The van der Waals surface area contributed by atoms with Crippen molar-refractivity contribution in [2.75, 3.05) is 19.6 Å². The van der Waals surface area contributed by atoms with E-state index in [0.717, 1.165) is 43.1 Å². The summed E-state index contributed by atoms with van der Waals surface area (Å²) < 4.78 is 5.84. The lowest BCUT2D eigenvalue weighted by Crippen LogP contribution is -2.54. The number of ether oxygens (including phenoxy) is 1. The van der Waals surface area contributed by atoms with Crippen LogP contribution >= 0.6 is 0 Å². The van der Waals surface area contributed by atoms with Crippen LogP contribution in [0.2, 0.25) is 0 Å². The van der Waals surface area contributed by atoms with E-state index in [2.05, 4.69) is 23.9 Å². The largest absolute Gasteiger partial charge is 0.411 e. The van der Waals surface area contributed by atoms with Crippen LogP contribution in [0.5, 0.6) is 0 Å². The zero-order valence-electron chi connectivity index (χ0n) is 14.0. The van der Waals surface area contributed by atoms with Gasteiger partial charge in [-0.15, -0.1) is 0 Å². The van der Waals surface area contributed by atoms with Crippen LogP contribution in [0.25, 0.3) is 0 Å². The molecule has 2 atom stereocenters. The van der Waals surface area contributed by atoms with Crippen LogP contribution in [0.15, 0.2) is 5.16 Å². The number of morpholine rings is 1. The summed E-state index contributed by atoms with van der Waals surface area (Å²) in [4.78, 5) is 2.44. The molecule has 124 valence electrons. The van der Waals surface area contributed by atoms with Gasteiger partial charge in [0, 0.05) is 25.0 Å². The molecule has 1 aliphatic heterocycles. The molecule has 0 aromatic rings. The monoisotopic (exact) mass is 306 g/mol. The maximum absolute atomic E-state index is 9.78. The summed E-state index contributed by atoms with van der Waals surface area (Å²) in [5, 5.41) is 13.6. The molecule has 0 unspecified atom stereocenters. The van der Waals surface area contributed by atoms with Crippen LogP contribution in [0.4, 0.5) is 0 Å². The molecule has 0 amide bonds. The van der Waals surface area contributed by atoms with Crippen LogP contribution in [-0.2, 0) is 4.74 Å². The van der Waals surface area contributed by atoms with Gasteiger partial charge in [0.1, 0.15) is 0 Å². The van der Waals surface area contributed by atoms with Crippen molar-refractivity contribution in [3.63, 3.8) is 0 Å². The Labute approximate surface area is 133 Å². The quantitative estimate of drug-likeness (QED) is 0.495. The zero-order chi connectivity index (χ0) is 15.3. The molecule has 1 heterocycles. The predicted molar refractivity (Wildman–Crippen MR) is 86.3 cm³/mol. The number of hydrogen-bond acceptors (Lipinski definition) is 4. The normalized spacial score (nSPS) is 48.8. The van der Waals surface area contributed by atoms with Crippen molar-refractivity contribution in [2.45, 2.75) is 64.6 Å². The van der Waals surface area contributed by atoms with Gasteiger partial charge in [-0.05, 0) is 70.1 Å². The highest BCUT2D eigenvalue weighted by molar-refractivity contribution is 5.92. The SMILES string of the molecule is C[C@H]1CN(C/C(=N/O)C23CC4CC(CC(C4)C2)C3)C[C@H](C)O1. The molecule has 0 aromatic heterocycles. The second-order valence-electron chi connectivity index (χ2n) is 8.70. The molecule has 5 aliphatic rings. The smallest absolute Gasteiger partial charge is 0.0772 e. The molecule has 0 spiro atoms. The van der Waals surface area contributed by atoms with E-state index in [1.807, 2.05) is 0 Å². The summed E-state index contributed by atoms with van der Waals surface area (Å²) in [7, 11) is 0. The predicted octanol–water partition coefficient (Wildman–Crippen LogP) is 3.14. The third-order valence-corrected chi connectivity index (χ3v) is 6.64. The van der Waals surface area contributed by atoms with Gasteiger partial charge >= 0.3 is 0 Å². The van der Waals surface area contributed by atoms with E-state index in [1.165, 1.54) is 38.5 Å². The Hall–Kier alpha value is -0.610. The molecule has 4 bridgehead atoms. The fraction of sp³-hybridized carbons (Fsp3) is 0.944. The van der Waals surface area contributed by atoms with Gasteiger partial charge < -0.3 is 9.94 Å². The Balaban J connectivity index is 1.50. The summed E-state index contributed by atoms with van der Waals surface area (Å²) in [6, 6.07) is 0. The minimum atomic E-state index is 0.217. The number of rotatable bonds is 3. The van der Waals surface area contributed by atoms with Gasteiger partial charge in [0.15, 0.2) is 0 Å². The molecule has 0 aromatic carbocycles. The minimum Gasteiger partial charge on any atom is -0.411 e. The Morgan fingerprint density at radius 1 is 1.05 bits per heavy atom. The third-order valence-electron chi connectivity index (χ3n) is 6.64. The summed E-state index contributed by atoms with van der Waals surface area (Å²) in [6.07, 6.45) is 8.67. The standard InChI is InChI=1S/C18H30N2O2/c1-12-9-20(10-13(2)22-12)11-17(19-21)18-6-14-3-15(7-18)5-16(4-14)8-18/h12-16,21H,3-11H2,1-2H3/b19-17-/t12-,13-,14?,15?,16?,18?/m0/s1. The summed E-state index contributed by atoms with van der Waals surface area (Å²) in [5.74, 6) is 2.68. The van der Waals surface area contributed by atoms with E-state index in [-0.39, 0.29) is 17.6 Å². The second kappa shape index (κ2) is 5.48. The van der Waals surface area contributed by atoms with E-state index < -0.39 is 0 Å². The van der Waals surface area contributed by atoms with Gasteiger partial charge in [0.05, 0.1) is 17.9 Å². The highest BCUT2D eigenvalue weighted by Gasteiger charge is 2.53. The topological polar surface area (TPSA) is 45.1 Å². The molecular weight excluding hydrogens is 276 g/mol. The molecular formula is C18H30N2O2. The molecule has 4 saturated carbocycles. The van der Waals surface area contributed by atoms with Crippen LogP contribution < -0.4 is 0 Å². The van der Waals surface area contributed by atoms with Crippen molar-refractivity contribution >= 4 is 5.71 Å². The summed E-state index contributed by atoms with van der Waals surface area (Å²) >= 11 is 0. The minimum absolute atomic E-state index is 0.217. The van der Waals surface area contributed by atoms with E-state index in [9.17, 15) is 5.21 Å². The number of oxime groups is 1. The summed E-state index contributed by atoms with van der Waals surface area (Å²) in [5.41, 5.74) is 1.29. The fourth-order valence-electron chi connectivity index (χ4n) is 6.39. The molecule has 1 saturated heterocycles. The Kier molecular flexibility index (Phi) is 3.73. The lowest BCUT2D eigenvalue weighted by Gasteiger charge is -2.57. The molecule has 4 heteroatoms. The van der Waals surface area contributed by atoms with Crippen LogP contribution in [0.3, 0.4) is 0 Å². The molecule has 1 N–H and O–H groups in total. The van der Waals surface area contributed by atoms with Gasteiger partial charge in [0.25, 0.3) is 0 Å². The molecule has 22 heavy (non-hydrogen) atoms. The van der Waals surface area contributed by atoms with Crippen LogP contribution in [0.1, 0.15) is 52.4 Å². The van der Waals surface area contributed by atoms with E-state index in [4.69, 9.17) is 4.74 Å². The van der Waals surface area contributed by atoms with Crippen LogP contribution in [-0.4, -0.2) is 47.7 Å². The van der Waals surface area contributed by atoms with E-state index >= 15 is 0 Å². The molecule has 0 radical (unpaired) electrons. The van der Waals surface area contributed by atoms with Gasteiger partial charge in [-0.2, -0.15) is 0 Å². The lowest BCUT2D eigenvalue weighted by atomic mass is 9.48. The van der Waals surface area contributed by atoms with Crippen molar-refractivity contribution in [3.8, 4) is 0 Å². The maximum Gasteiger partial charge on any atom is 0.0772 e. The fourth-order valence-corrected chi connectivity index (χ4v) is 6.39. The molecule has 5 rings (SSSR count). The van der Waals surface area contributed by atoms with Crippen LogP contribution in [0, 0.1) is 23.2 Å². The first kappa shape index (κ1) is 14.9. The van der Waals surface area contributed by atoms with Gasteiger partial charge in [-0.25, -0.2) is 0 Å². The molecule has 4 nitrogen and oxygen atoms in total. The average Bonchev–Trinajstić information content (AvgIpc) is 2.42. The number of hydrogen-bond donors (Lipinski definition) is 1. The number of nitrogens with zero attached hydrogens (tertiary/aromatic N) is 2. The van der Waals surface area contributed by atoms with Crippen molar-refractivity contribution in [3.05, 3.63) is 0 Å². The Bertz CT molecular complexity index is 417. The second-order valence-corrected chi connectivity index (χ2v) is 8.70. The Morgan fingerprint density at radius 2 is 1.55 bits per heavy atom. The van der Waals surface area contributed by atoms with Crippen molar-refractivity contribution in [1.29, 1.82) is 0 Å². The lowest BCUT2D eigenvalue weighted by molar-refractivity contribution is -0.0659. The summed E-state index contributed by atoms with van der Waals surface area (Å²) in [6.45, 7) is 7.03. The van der Waals surface area contributed by atoms with E-state index in [0.29, 0.717) is 0 Å². The van der Waals surface area contributed by atoms with Gasteiger partial charge in [-0.1, -0.05) is 5.16 Å². The van der Waals surface area contributed by atoms with Gasteiger partial charge in [-0.3, -0.25) is 4.90 Å². The molecule has 5 fully saturated rings. The molecule has 4 aliphatic carbocycles. The highest BCUT2D eigenvalue weighted by atomic mass is 16.5. The average molecular weight is 306 g/mol. The highest BCUT2D eigenvalue weighted by Crippen LogP contribution is 2.60.